The van der Waals surface area contributed by atoms with Crippen molar-refractivity contribution >= 4 is 42.0 Å². The van der Waals surface area contributed by atoms with Gasteiger partial charge in [-0.25, -0.2) is 24.0 Å². The fourth-order valence-electron chi connectivity index (χ4n) is 9.02. The van der Waals surface area contributed by atoms with E-state index in [-0.39, 0.29) is 68.9 Å². The predicted molar refractivity (Wildman–Crippen MR) is 348 cm³/mol. The van der Waals surface area contributed by atoms with Crippen molar-refractivity contribution < 1.29 is 43.0 Å². The molecule has 0 aromatic rings. The first-order valence-electron chi connectivity index (χ1n) is 32.3. The molecule has 0 aliphatic heterocycles. The Kier molecular flexibility index (Phi) is 57.7. The molecule has 0 aromatic carbocycles. The maximum atomic E-state index is 13.9. The zero-order valence-electron chi connectivity index (χ0n) is 53.1. The summed E-state index contributed by atoms with van der Waals surface area (Å²) in [5.41, 5.74) is 45.8. The molecule has 0 saturated carbocycles. The minimum absolute atomic E-state index is 0. The van der Waals surface area contributed by atoms with Crippen LogP contribution < -0.4 is 72.5 Å². The molecule has 29 nitrogen and oxygen atoms in total. The summed E-state index contributed by atoms with van der Waals surface area (Å²) in [5, 5.41) is 15.0. The molecule has 29 heteroatoms. The Morgan fingerprint density at radius 3 is 0.759 bits per heavy atom. The lowest BCUT2D eigenvalue weighted by molar-refractivity contribution is -0.132. The van der Waals surface area contributed by atoms with Gasteiger partial charge < -0.3 is 116 Å². The van der Waals surface area contributed by atoms with Crippen LogP contribution in [-0.2, 0) is 19.1 Å². The number of rotatable bonds is 57. The number of ether oxygens (including phenoxy) is 2. The van der Waals surface area contributed by atoms with Crippen LogP contribution in [0.25, 0.3) is 0 Å². The van der Waals surface area contributed by atoms with Crippen LogP contribution in [0.2, 0.25) is 0 Å². The van der Waals surface area contributed by atoms with Crippen molar-refractivity contribution in [3.8, 4) is 0 Å². The summed E-state index contributed by atoms with van der Waals surface area (Å²) in [4.78, 5) is 106. The molecule has 0 aromatic heterocycles. The van der Waals surface area contributed by atoms with E-state index in [1.54, 1.807) is 29.4 Å². The van der Waals surface area contributed by atoms with Gasteiger partial charge in [0.1, 0.15) is 0 Å². The molecular formula is C58H126N20O9. The number of unbranched alkanes of at least 4 members (excludes halogenated alkanes) is 1. The van der Waals surface area contributed by atoms with Crippen molar-refractivity contribution in [2.24, 2.45) is 45.9 Å². The van der Waals surface area contributed by atoms with E-state index in [1.807, 2.05) is 11.8 Å². The van der Waals surface area contributed by atoms with Gasteiger partial charge in [-0.05, 0) is 162 Å². The average Bonchev–Trinajstić information content (AvgIpc) is 3.57. The topological polar surface area (TPSA) is 429 Å². The zero-order chi connectivity index (χ0) is 63.7. The normalized spacial score (nSPS) is 10.9. The van der Waals surface area contributed by atoms with E-state index >= 15 is 0 Å². The maximum absolute atomic E-state index is 13.9. The van der Waals surface area contributed by atoms with Crippen LogP contribution in [0.1, 0.15) is 130 Å². The number of nitrogens with two attached hydrogens (primary N) is 8. The summed E-state index contributed by atoms with van der Waals surface area (Å²) in [7, 11) is 0. The first-order valence-corrected chi connectivity index (χ1v) is 32.3. The molecule has 0 fully saturated rings. The van der Waals surface area contributed by atoms with Crippen molar-refractivity contribution in [1.82, 2.24) is 60.9 Å². The second-order valence-electron chi connectivity index (χ2n) is 21.1. The highest BCUT2D eigenvalue weighted by Gasteiger charge is 2.21. The third kappa shape index (κ3) is 44.9. The highest BCUT2D eigenvalue weighted by molar-refractivity contribution is 5.78. The Balaban J connectivity index is 0. The number of hydrogen-bond donors (Lipinski definition) is 13. The SMILES string of the molecule is C.CCOCCOCCCC(=O)N(CCCNC(=O)N(CCCCC(=O)N(CCCN)CCCN)CCCNC(=O)N(CCCN)CCCN)CCCNC(=O)N(CCCNC(=O)N(CCCN)CCCN)CCCNC(=O)N(CCCN)CCCN. The fourth-order valence-corrected chi connectivity index (χ4v) is 9.02. The predicted octanol–water partition coefficient (Wildman–Crippen LogP) is 0.0822. The average molecular weight is 1250 g/mol. The molecule has 0 bridgehead atoms. The van der Waals surface area contributed by atoms with Crippen molar-refractivity contribution in [3.63, 3.8) is 0 Å². The lowest BCUT2D eigenvalue weighted by atomic mass is 10.2. The summed E-state index contributed by atoms with van der Waals surface area (Å²) < 4.78 is 11.0. The number of hydrogen-bond acceptors (Lipinski definition) is 17. The quantitative estimate of drug-likeness (QED) is 0.0359. The highest BCUT2D eigenvalue weighted by atomic mass is 16.5. The van der Waals surface area contributed by atoms with Gasteiger partial charge in [-0.15, -0.1) is 0 Å². The van der Waals surface area contributed by atoms with Gasteiger partial charge in [0.2, 0.25) is 11.8 Å². The summed E-state index contributed by atoms with van der Waals surface area (Å²) in [5.74, 6) is -0.0497. The van der Waals surface area contributed by atoms with Gasteiger partial charge in [0.05, 0.1) is 13.2 Å². The van der Waals surface area contributed by atoms with Crippen LogP contribution >= 0.6 is 0 Å². The van der Waals surface area contributed by atoms with Gasteiger partial charge in [0.25, 0.3) is 0 Å². The molecule has 0 spiro atoms. The number of amides is 12. The lowest BCUT2D eigenvalue weighted by Gasteiger charge is -2.27. The van der Waals surface area contributed by atoms with E-state index in [9.17, 15) is 33.6 Å². The van der Waals surface area contributed by atoms with E-state index in [4.69, 9.17) is 55.3 Å². The Bertz CT molecular complexity index is 1500. The monoisotopic (exact) mass is 1250 g/mol. The van der Waals surface area contributed by atoms with Crippen LogP contribution in [0.3, 0.4) is 0 Å². The molecule has 87 heavy (non-hydrogen) atoms. The molecule has 0 aliphatic carbocycles. The molecule has 12 amide bonds. The van der Waals surface area contributed by atoms with Gasteiger partial charge in [0, 0.05) is 150 Å². The Morgan fingerprint density at radius 2 is 0.494 bits per heavy atom. The Labute approximate surface area is 523 Å². The third-order valence-corrected chi connectivity index (χ3v) is 13.9. The summed E-state index contributed by atoms with van der Waals surface area (Å²) in [6.45, 7) is 15.3. The van der Waals surface area contributed by atoms with Crippen molar-refractivity contribution in [3.05, 3.63) is 0 Å². The van der Waals surface area contributed by atoms with Crippen LogP contribution in [0.5, 0.6) is 0 Å². The van der Waals surface area contributed by atoms with Crippen LogP contribution in [-0.4, -0.2) is 279 Å². The van der Waals surface area contributed by atoms with Crippen molar-refractivity contribution in [2.75, 3.05) is 203 Å². The summed E-state index contributed by atoms with van der Waals surface area (Å²) >= 11 is 0. The second-order valence-corrected chi connectivity index (χ2v) is 21.1. The second kappa shape index (κ2) is 59.8. The smallest absolute Gasteiger partial charge is 0.317 e. The van der Waals surface area contributed by atoms with E-state index in [0.29, 0.717) is 299 Å². The molecule has 0 radical (unpaired) electrons. The van der Waals surface area contributed by atoms with Crippen LogP contribution in [0.4, 0.5) is 24.0 Å². The van der Waals surface area contributed by atoms with Gasteiger partial charge >= 0.3 is 30.2 Å². The van der Waals surface area contributed by atoms with E-state index in [1.165, 1.54) is 0 Å². The van der Waals surface area contributed by atoms with Gasteiger partial charge in [-0.3, -0.25) is 9.59 Å². The van der Waals surface area contributed by atoms with Crippen LogP contribution in [0, 0.1) is 0 Å². The minimum Gasteiger partial charge on any atom is -0.379 e. The summed E-state index contributed by atoms with van der Waals surface area (Å²) in [6, 6.07) is -1.25. The molecule has 0 saturated heterocycles. The first-order chi connectivity index (χ1) is 41.8. The van der Waals surface area contributed by atoms with Gasteiger partial charge in [0.15, 0.2) is 0 Å². The zero-order valence-corrected chi connectivity index (χ0v) is 53.1. The van der Waals surface area contributed by atoms with Crippen molar-refractivity contribution in [1.29, 1.82) is 0 Å². The third-order valence-electron chi connectivity index (χ3n) is 13.9. The molecular weight excluding hydrogens is 1120 g/mol. The lowest BCUT2D eigenvalue weighted by Crippen LogP contribution is -2.46. The first kappa shape index (κ1) is 84.0. The molecule has 0 unspecified atom stereocenters. The molecule has 21 N–H and O–H groups in total. The Hall–Kier alpha value is -5.11. The van der Waals surface area contributed by atoms with Gasteiger partial charge in [-0.1, -0.05) is 7.43 Å². The fraction of sp³-hybridized carbons (Fsp3) is 0.879. The number of nitrogens with zero attached hydrogens (tertiary/aromatic N) is 7. The Morgan fingerprint density at radius 1 is 0.276 bits per heavy atom. The number of carbonyl (C=O) groups excluding carboxylic acids is 7. The summed E-state index contributed by atoms with van der Waals surface area (Å²) in [6.07, 6.45) is 9.91. The minimum atomic E-state index is -0.315. The van der Waals surface area contributed by atoms with Crippen LogP contribution in [0.15, 0.2) is 0 Å². The number of urea groups is 5. The van der Waals surface area contributed by atoms with E-state index in [0.717, 1.165) is 0 Å². The molecule has 0 heterocycles. The van der Waals surface area contributed by atoms with Crippen molar-refractivity contribution in [2.45, 2.75) is 130 Å². The standard InChI is InChI=1S/C57H122N20O9.CH4/c1-2-85-49-50-86-48-5-20-52(79)72(43-14-29-66-53(80)73(34-4-3-19-51(78)71(35-6-21-58)36-7-22-59)45-16-31-68-54(81)74(37-8-23-60)38-9-24-61)44-15-30-67-57(84)77(46-17-32-69-55(82)75(39-10-25-62)40-11-26-63)47-18-33-70-56(83)76(41-12-27-64)42-13-28-65;/h2-50,58-65H2,1H3,(H,66,80)(H,67,84)(H,68,81)(H,69,82)(H,70,83);1H4. The highest BCUT2D eigenvalue weighted by Crippen LogP contribution is 2.08. The molecule has 0 rings (SSSR count). The molecule has 0 aliphatic rings. The number of carbonyl (C=O) groups is 7. The van der Waals surface area contributed by atoms with Gasteiger partial charge in [-0.2, -0.15) is 0 Å². The maximum Gasteiger partial charge on any atom is 0.317 e. The number of nitrogens with one attached hydrogen (secondary N) is 5. The van der Waals surface area contributed by atoms with E-state index in [2.05, 4.69) is 26.6 Å². The van der Waals surface area contributed by atoms with E-state index < -0.39 is 0 Å². The molecule has 512 valence electrons. The largest absolute Gasteiger partial charge is 0.379 e. The molecule has 0 atom stereocenters.